The predicted octanol–water partition coefficient (Wildman–Crippen LogP) is 0.482. The summed E-state index contributed by atoms with van der Waals surface area (Å²) in [5.74, 6) is 1.33. The Labute approximate surface area is 198 Å². The minimum Gasteiger partial charge on any atom is -0.380 e. The lowest BCUT2D eigenvalue weighted by Gasteiger charge is -2.52. The molecule has 3 heterocycles. The summed E-state index contributed by atoms with van der Waals surface area (Å²) in [4.78, 5) is 15.7. The molecule has 1 amide bonds. The molecule has 2 saturated carbocycles. The Morgan fingerprint density at radius 1 is 1.18 bits per heavy atom. The van der Waals surface area contributed by atoms with E-state index in [2.05, 4.69) is 52.6 Å². The summed E-state index contributed by atoms with van der Waals surface area (Å²) in [6, 6.07) is 0.410. The molecule has 9 heteroatoms. The van der Waals surface area contributed by atoms with Crippen LogP contribution in [-0.2, 0) is 14.3 Å². The molecular formula is C24H44N6O3. The molecule has 0 aromatic carbocycles. The lowest BCUT2D eigenvalue weighted by Crippen LogP contribution is -2.63. The molecule has 9 nitrogen and oxygen atoms in total. The molecule has 188 valence electrons. The van der Waals surface area contributed by atoms with Gasteiger partial charge in [0.1, 0.15) is 0 Å². The maximum Gasteiger partial charge on any atom is 0.237 e. The number of nitrogens with one attached hydrogen (secondary N) is 5. The summed E-state index contributed by atoms with van der Waals surface area (Å²) in [5, 5.41) is 10.7. The molecule has 0 aromatic heterocycles. The van der Waals surface area contributed by atoms with Gasteiger partial charge in [0.25, 0.3) is 0 Å². The molecule has 7 atom stereocenters. The Balaban J connectivity index is 1.24. The summed E-state index contributed by atoms with van der Waals surface area (Å²) in [6.07, 6.45) is 8.17. The molecular weight excluding hydrogens is 420 g/mol. The van der Waals surface area contributed by atoms with Crippen LogP contribution in [0.15, 0.2) is 0 Å². The van der Waals surface area contributed by atoms with Gasteiger partial charge < -0.3 is 14.8 Å². The van der Waals surface area contributed by atoms with Crippen molar-refractivity contribution >= 4 is 5.91 Å². The Morgan fingerprint density at radius 3 is 2.64 bits per heavy atom. The highest BCUT2D eigenvalue weighted by atomic mass is 16.5. The van der Waals surface area contributed by atoms with Crippen LogP contribution in [0, 0.1) is 17.3 Å². The van der Waals surface area contributed by atoms with E-state index in [1.165, 1.54) is 12.8 Å². The first kappa shape index (κ1) is 23.9. The van der Waals surface area contributed by atoms with Gasteiger partial charge in [-0.2, -0.15) is 0 Å². The number of hydrazine groups is 1. The first-order valence-corrected chi connectivity index (χ1v) is 13.2. The Kier molecular flexibility index (Phi) is 7.28. The van der Waals surface area contributed by atoms with Gasteiger partial charge in [0.2, 0.25) is 5.91 Å². The van der Waals surface area contributed by atoms with Crippen molar-refractivity contribution in [2.45, 2.75) is 95.4 Å². The molecule has 0 bridgehead atoms. The standard InChI is InChI=1S/C24H44N6O3/c1-4-33-19-9-17(24(12-32-13-24)11-21-29-25-14-30(21)3)8-18(10-19)27-23(31)20-7-15(2)26-22(28-20)16-5-6-16/h15-22,25-26,28-29H,4-14H2,1-3H3,(H,27,31). The highest BCUT2D eigenvalue weighted by Crippen LogP contribution is 2.48. The van der Waals surface area contributed by atoms with Crippen LogP contribution in [0.1, 0.15) is 58.8 Å². The van der Waals surface area contributed by atoms with E-state index in [-0.39, 0.29) is 35.7 Å². The molecule has 3 aliphatic heterocycles. The van der Waals surface area contributed by atoms with Crippen molar-refractivity contribution in [2.24, 2.45) is 17.3 Å². The average molecular weight is 465 g/mol. The van der Waals surface area contributed by atoms with Crippen molar-refractivity contribution in [3.63, 3.8) is 0 Å². The third-order valence-electron chi connectivity index (χ3n) is 8.63. The van der Waals surface area contributed by atoms with Gasteiger partial charge in [0, 0.05) is 24.1 Å². The predicted molar refractivity (Wildman–Crippen MR) is 126 cm³/mol. The summed E-state index contributed by atoms with van der Waals surface area (Å²) in [5.41, 5.74) is 6.82. The molecule has 5 aliphatic rings. The maximum atomic E-state index is 13.3. The zero-order chi connectivity index (χ0) is 23.0. The van der Waals surface area contributed by atoms with Crippen LogP contribution in [0.4, 0.5) is 0 Å². The van der Waals surface area contributed by atoms with Crippen LogP contribution < -0.4 is 26.8 Å². The van der Waals surface area contributed by atoms with Crippen molar-refractivity contribution in [2.75, 3.05) is 33.5 Å². The van der Waals surface area contributed by atoms with E-state index in [1.807, 2.05) is 0 Å². The van der Waals surface area contributed by atoms with E-state index in [1.54, 1.807) is 0 Å². The van der Waals surface area contributed by atoms with Gasteiger partial charge in [-0.1, -0.05) is 0 Å². The van der Waals surface area contributed by atoms with E-state index < -0.39 is 0 Å². The van der Waals surface area contributed by atoms with E-state index in [0.29, 0.717) is 24.0 Å². The molecule has 5 N–H and O–H groups in total. The fraction of sp³-hybridized carbons (Fsp3) is 0.958. The third kappa shape index (κ3) is 5.39. The molecule has 7 unspecified atom stereocenters. The lowest BCUT2D eigenvalue weighted by molar-refractivity contribution is -0.176. The summed E-state index contributed by atoms with van der Waals surface area (Å²) >= 11 is 0. The lowest BCUT2D eigenvalue weighted by atomic mass is 9.63. The van der Waals surface area contributed by atoms with Gasteiger partial charge >= 0.3 is 0 Å². The van der Waals surface area contributed by atoms with Crippen LogP contribution in [0.2, 0.25) is 0 Å². The number of rotatable bonds is 8. The zero-order valence-electron chi connectivity index (χ0n) is 20.6. The second-order valence-electron chi connectivity index (χ2n) is 11.3. The number of hydrogen-bond acceptors (Lipinski definition) is 8. The van der Waals surface area contributed by atoms with Gasteiger partial charge in [0.15, 0.2) is 0 Å². The summed E-state index contributed by atoms with van der Waals surface area (Å²) < 4.78 is 11.9. The molecule has 3 saturated heterocycles. The Morgan fingerprint density at radius 2 is 2.00 bits per heavy atom. The fourth-order valence-corrected chi connectivity index (χ4v) is 6.49. The first-order chi connectivity index (χ1) is 16.0. The van der Waals surface area contributed by atoms with Crippen LogP contribution in [0.5, 0.6) is 0 Å². The Bertz CT molecular complexity index is 687. The van der Waals surface area contributed by atoms with E-state index in [9.17, 15) is 4.79 Å². The van der Waals surface area contributed by atoms with Gasteiger partial charge in [-0.05, 0) is 77.7 Å². The first-order valence-electron chi connectivity index (χ1n) is 13.2. The minimum absolute atomic E-state index is 0.110. The van der Waals surface area contributed by atoms with Gasteiger partial charge in [-0.25, -0.2) is 10.9 Å². The van der Waals surface area contributed by atoms with Crippen LogP contribution in [0.3, 0.4) is 0 Å². The molecule has 0 radical (unpaired) electrons. The third-order valence-corrected chi connectivity index (χ3v) is 8.63. The van der Waals surface area contributed by atoms with Crippen LogP contribution in [-0.4, -0.2) is 80.9 Å². The van der Waals surface area contributed by atoms with Crippen molar-refractivity contribution in [1.29, 1.82) is 0 Å². The SMILES string of the molecule is CCOC1CC(NC(=O)C2CC(C)NC(C3CC3)N2)CC(C2(CC3NNCN3C)COC2)C1. The quantitative estimate of drug-likeness (QED) is 0.354. The fourth-order valence-electron chi connectivity index (χ4n) is 6.49. The normalized spacial score (nSPS) is 41.5. The number of ether oxygens (including phenoxy) is 2. The second-order valence-corrected chi connectivity index (χ2v) is 11.3. The minimum atomic E-state index is -0.110. The van der Waals surface area contributed by atoms with Gasteiger partial charge in [-0.3, -0.25) is 20.3 Å². The summed E-state index contributed by atoms with van der Waals surface area (Å²) in [7, 11) is 2.15. The Hall–Kier alpha value is -0.810. The smallest absolute Gasteiger partial charge is 0.237 e. The van der Waals surface area contributed by atoms with Crippen LogP contribution >= 0.6 is 0 Å². The number of nitrogens with zero attached hydrogens (tertiary/aromatic N) is 1. The molecule has 2 aliphatic carbocycles. The molecule has 0 aromatic rings. The molecule has 5 rings (SSSR count). The topological polar surface area (TPSA) is 98.9 Å². The van der Waals surface area contributed by atoms with Crippen molar-refractivity contribution in [1.82, 2.24) is 31.7 Å². The van der Waals surface area contributed by atoms with Crippen molar-refractivity contribution < 1.29 is 14.3 Å². The highest BCUT2D eigenvalue weighted by Gasteiger charge is 2.51. The second kappa shape index (κ2) is 10.0. The zero-order valence-corrected chi connectivity index (χ0v) is 20.6. The van der Waals surface area contributed by atoms with Gasteiger partial charge in [0.05, 0.1) is 44.4 Å². The average Bonchev–Trinajstić information content (AvgIpc) is 3.53. The number of hydrogen-bond donors (Lipinski definition) is 5. The van der Waals surface area contributed by atoms with E-state index >= 15 is 0 Å². The number of carbonyl (C=O) groups is 1. The molecule has 33 heavy (non-hydrogen) atoms. The van der Waals surface area contributed by atoms with Gasteiger partial charge in [-0.15, -0.1) is 0 Å². The van der Waals surface area contributed by atoms with Crippen molar-refractivity contribution in [3.05, 3.63) is 0 Å². The van der Waals surface area contributed by atoms with Crippen molar-refractivity contribution in [3.8, 4) is 0 Å². The molecule has 0 spiro atoms. The summed E-state index contributed by atoms with van der Waals surface area (Å²) in [6.45, 7) is 7.45. The number of carbonyl (C=O) groups excluding carboxylic acids is 1. The monoisotopic (exact) mass is 464 g/mol. The number of amides is 1. The van der Waals surface area contributed by atoms with E-state index in [4.69, 9.17) is 9.47 Å². The molecule has 5 fully saturated rings. The largest absolute Gasteiger partial charge is 0.380 e. The van der Waals surface area contributed by atoms with E-state index in [0.717, 1.165) is 58.6 Å². The highest BCUT2D eigenvalue weighted by molar-refractivity contribution is 5.82. The maximum absolute atomic E-state index is 13.3. The van der Waals surface area contributed by atoms with Crippen LogP contribution in [0.25, 0.3) is 0 Å².